The fourth-order valence-corrected chi connectivity index (χ4v) is 1.87. The van der Waals surface area contributed by atoms with Crippen LogP contribution in [-0.4, -0.2) is 15.9 Å². The topological polar surface area (TPSA) is 54.9 Å². The van der Waals surface area contributed by atoms with Crippen molar-refractivity contribution in [3.63, 3.8) is 0 Å². The Morgan fingerprint density at radius 3 is 3.07 bits per heavy atom. The zero-order valence-electron chi connectivity index (χ0n) is 7.48. The van der Waals surface area contributed by atoms with E-state index in [1.165, 1.54) is 11.3 Å². The number of pyridine rings is 1. The van der Waals surface area contributed by atoms with Gasteiger partial charge in [0.2, 0.25) is 0 Å². The van der Waals surface area contributed by atoms with Gasteiger partial charge in [0.25, 0.3) is 5.91 Å². The van der Waals surface area contributed by atoms with Crippen LogP contribution >= 0.6 is 27.3 Å². The molecule has 0 aliphatic heterocycles. The molecule has 1 amide bonds. The molecule has 0 atom stereocenters. The Kier molecular flexibility index (Phi) is 3.08. The van der Waals surface area contributed by atoms with Gasteiger partial charge >= 0.3 is 0 Å². The summed E-state index contributed by atoms with van der Waals surface area (Å²) in [6, 6.07) is 1.72. The molecular formula is C9H6BrN3OS. The van der Waals surface area contributed by atoms with E-state index in [-0.39, 0.29) is 5.91 Å². The molecule has 0 unspecified atom stereocenters. The van der Waals surface area contributed by atoms with E-state index in [0.29, 0.717) is 11.4 Å². The van der Waals surface area contributed by atoms with Gasteiger partial charge < -0.3 is 5.32 Å². The Hall–Kier alpha value is -1.27. The van der Waals surface area contributed by atoms with Gasteiger partial charge in [0.1, 0.15) is 5.69 Å². The number of hydrogen-bond acceptors (Lipinski definition) is 4. The zero-order chi connectivity index (χ0) is 10.7. The summed E-state index contributed by atoms with van der Waals surface area (Å²) in [5.74, 6) is -0.219. The lowest BCUT2D eigenvalue weighted by molar-refractivity contribution is 0.102. The van der Waals surface area contributed by atoms with Crippen LogP contribution in [0.25, 0.3) is 0 Å². The van der Waals surface area contributed by atoms with Crippen molar-refractivity contribution in [2.45, 2.75) is 0 Å². The van der Waals surface area contributed by atoms with E-state index in [4.69, 9.17) is 0 Å². The summed E-state index contributed by atoms with van der Waals surface area (Å²) in [7, 11) is 0. The van der Waals surface area contributed by atoms with Crippen LogP contribution in [0.15, 0.2) is 33.8 Å². The molecule has 76 valence electrons. The molecule has 0 aromatic carbocycles. The van der Waals surface area contributed by atoms with Gasteiger partial charge in [-0.25, -0.2) is 4.98 Å². The van der Waals surface area contributed by atoms with Crippen molar-refractivity contribution >= 4 is 38.9 Å². The summed E-state index contributed by atoms with van der Waals surface area (Å²) in [6.45, 7) is 0. The maximum absolute atomic E-state index is 11.6. The first-order chi connectivity index (χ1) is 7.27. The smallest absolute Gasteiger partial charge is 0.275 e. The Morgan fingerprint density at radius 1 is 1.53 bits per heavy atom. The average molecular weight is 284 g/mol. The number of halogens is 1. The number of carbonyl (C=O) groups is 1. The highest BCUT2D eigenvalue weighted by molar-refractivity contribution is 9.10. The van der Waals surface area contributed by atoms with Crippen molar-refractivity contribution in [2.24, 2.45) is 0 Å². The number of thiazole rings is 1. The molecule has 2 heterocycles. The lowest BCUT2D eigenvalue weighted by atomic mass is 10.4. The van der Waals surface area contributed by atoms with E-state index >= 15 is 0 Å². The molecule has 2 rings (SSSR count). The molecule has 0 spiro atoms. The number of carbonyl (C=O) groups excluding carboxylic acids is 1. The molecule has 15 heavy (non-hydrogen) atoms. The van der Waals surface area contributed by atoms with Gasteiger partial charge in [-0.15, -0.1) is 11.3 Å². The summed E-state index contributed by atoms with van der Waals surface area (Å²) < 4.78 is 0.744. The third kappa shape index (κ3) is 2.40. The average Bonchev–Trinajstić information content (AvgIpc) is 2.74. The quantitative estimate of drug-likeness (QED) is 0.922. The first-order valence-corrected chi connectivity index (χ1v) is 5.80. The van der Waals surface area contributed by atoms with E-state index < -0.39 is 0 Å². The molecular weight excluding hydrogens is 278 g/mol. The molecule has 0 saturated heterocycles. The van der Waals surface area contributed by atoms with Gasteiger partial charge in [0.15, 0.2) is 0 Å². The van der Waals surface area contributed by atoms with Gasteiger partial charge in [-0.2, -0.15) is 0 Å². The number of aromatic nitrogens is 2. The maximum atomic E-state index is 11.6. The third-order valence-corrected chi connectivity index (χ3v) is 2.90. The molecule has 0 aliphatic carbocycles. The second kappa shape index (κ2) is 4.50. The van der Waals surface area contributed by atoms with Crippen LogP contribution in [0.2, 0.25) is 0 Å². The van der Waals surface area contributed by atoms with E-state index in [0.717, 1.165) is 4.47 Å². The normalized spacial score (nSPS) is 9.93. The maximum Gasteiger partial charge on any atom is 0.275 e. The zero-order valence-corrected chi connectivity index (χ0v) is 9.88. The molecule has 4 nitrogen and oxygen atoms in total. The number of hydrogen-bond donors (Lipinski definition) is 1. The monoisotopic (exact) mass is 283 g/mol. The number of anilines is 1. The van der Waals surface area contributed by atoms with Crippen molar-refractivity contribution < 1.29 is 4.79 Å². The van der Waals surface area contributed by atoms with Crippen LogP contribution < -0.4 is 5.32 Å². The van der Waals surface area contributed by atoms with Crippen LogP contribution in [-0.2, 0) is 0 Å². The number of nitrogens with one attached hydrogen (secondary N) is 1. The largest absolute Gasteiger partial charge is 0.319 e. The van der Waals surface area contributed by atoms with Crippen molar-refractivity contribution in [1.82, 2.24) is 9.97 Å². The molecule has 2 aromatic heterocycles. The first-order valence-electron chi connectivity index (χ1n) is 4.06. The molecule has 0 fully saturated rings. The summed E-state index contributed by atoms with van der Waals surface area (Å²) in [5.41, 5.74) is 2.72. The predicted molar refractivity (Wildman–Crippen MR) is 62.0 cm³/mol. The summed E-state index contributed by atoms with van der Waals surface area (Å²) in [4.78, 5) is 19.4. The van der Waals surface area contributed by atoms with Crippen molar-refractivity contribution in [3.8, 4) is 0 Å². The summed E-state index contributed by atoms with van der Waals surface area (Å²) in [6.07, 6.45) is 3.23. The molecule has 0 aliphatic rings. The van der Waals surface area contributed by atoms with Gasteiger partial charge in [0, 0.05) is 17.8 Å². The minimum absolute atomic E-state index is 0.219. The lowest BCUT2D eigenvalue weighted by Crippen LogP contribution is -2.12. The van der Waals surface area contributed by atoms with Gasteiger partial charge in [0.05, 0.1) is 15.7 Å². The minimum atomic E-state index is -0.219. The molecule has 0 bridgehead atoms. The molecule has 0 radical (unpaired) electrons. The number of amides is 1. The fourth-order valence-electron chi connectivity index (χ4n) is 0.988. The Labute approximate surface area is 98.5 Å². The van der Waals surface area contributed by atoms with Crippen molar-refractivity contribution in [3.05, 3.63) is 39.5 Å². The third-order valence-electron chi connectivity index (χ3n) is 1.69. The van der Waals surface area contributed by atoms with Crippen LogP contribution in [0.3, 0.4) is 0 Å². The van der Waals surface area contributed by atoms with Crippen LogP contribution in [0.1, 0.15) is 10.5 Å². The minimum Gasteiger partial charge on any atom is -0.319 e. The van der Waals surface area contributed by atoms with Crippen molar-refractivity contribution in [1.29, 1.82) is 0 Å². The summed E-state index contributed by atoms with van der Waals surface area (Å²) in [5, 5.41) is 4.43. The fraction of sp³-hybridized carbons (Fsp3) is 0. The highest BCUT2D eigenvalue weighted by Gasteiger charge is 2.09. The highest BCUT2D eigenvalue weighted by Crippen LogP contribution is 2.20. The standard InChI is InChI=1S/C9H6BrN3OS/c10-6-3-11-2-1-7(6)13-9(14)8-4-15-5-12-8/h1-5H,(H,11,13,14). The van der Waals surface area contributed by atoms with Crippen LogP contribution in [0, 0.1) is 0 Å². The van der Waals surface area contributed by atoms with Gasteiger partial charge in [-0.1, -0.05) is 0 Å². The SMILES string of the molecule is O=C(Nc1ccncc1Br)c1cscn1. The Bertz CT molecular complexity index is 472. The molecule has 2 aromatic rings. The first kappa shape index (κ1) is 10.3. The molecule has 0 saturated carbocycles. The summed E-state index contributed by atoms with van der Waals surface area (Å²) >= 11 is 4.68. The van der Waals surface area contributed by atoms with E-state index in [1.807, 2.05) is 0 Å². The predicted octanol–water partition coefficient (Wildman–Crippen LogP) is 2.55. The van der Waals surface area contributed by atoms with E-state index in [2.05, 4.69) is 31.2 Å². The number of rotatable bonds is 2. The molecule has 1 N–H and O–H groups in total. The van der Waals surface area contributed by atoms with Crippen LogP contribution in [0.4, 0.5) is 5.69 Å². The van der Waals surface area contributed by atoms with E-state index in [1.54, 1.807) is 29.4 Å². The van der Waals surface area contributed by atoms with Gasteiger partial charge in [-0.3, -0.25) is 9.78 Å². The Balaban J connectivity index is 2.17. The second-order valence-corrected chi connectivity index (χ2v) is 4.26. The lowest BCUT2D eigenvalue weighted by Gasteiger charge is -2.04. The van der Waals surface area contributed by atoms with Crippen molar-refractivity contribution in [2.75, 3.05) is 5.32 Å². The molecule has 6 heteroatoms. The Morgan fingerprint density at radius 2 is 2.40 bits per heavy atom. The second-order valence-electron chi connectivity index (χ2n) is 2.68. The van der Waals surface area contributed by atoms with Crippen LogP contribution in [0.5, 0.6) is 0 Å². The van der Waals surface area contributed by atoms with Gasteiger partial charge in [-0.05, 0) is 22.0 Å². The van der Waals surface area contributed by atoms with E-state index in [9.17, 15) is 4.79 Å². The number of nitrogens with zero attached hydrogens (tertiary/aromatic N) is 2. The highest BCUT2D eigenvalue weighted by atomic mass is 79.9.